The number of amides is 1. The van der Waals surface area contributed by atoms with E-state index in [2.05, 4.69) is 4.98 Å². The minimum absolute atomic E-state index is 0.0709. The van der Waals surface area contributed by atoms with Crippen molar-refractivity contribution in [2.75, 3.05) is 15.7 Å². The topological polar surface area (TPSA) is 127 Å². The Bertz CT molecular complexity index is 1370. The number of carbonyl (C=O) groups excluding carboxylic acids is 1. The first-order chi connectivity index (χ1) is 16.9. The maximum atomic E-state index is 12.2. The maximum absolute atomic E-state index is 12.2. The Hall–Kier alpha value is -3.76. The van der Waals surface area contributed by atoms with Gasteiger partial charge in [0.05, 0.1) is 5.69 Å². The number of anilines is 2. The molecule has 0 aliphatic heterocycles. The second-order valence-electron chi connectivity index (χ2n) is 8.03. The summed E-state index contributed by atoms with van der Waals surface area (Å²) in [6.07, 6.45) is 2.53. The van der Waals surface area contributed by atoms with Gasteiger partial charge in [-0.3, -0.25) is 18.2 Å². The van der Waals surface area contributed by atoms with E-state index in [4.69, 9.17) is 4.42 Å². The minimum atomic E-state index is -2.82. The minimum Gasteiger partial charge on any atom is -0.755 e. The molecule has 182 valence electrons. The van der Waals surface area contributed by atoms with E-state index in [1.54, 1.807) is 36.5 Å². The van der Waals surface area contributed by atoms with E-state index in [1.807, 2.05) is 24.3 Å². The molecule has 0 fully saturated rings. The molecular formula is C25H24N3O6S-. The number of rotatable bonds is 10. The van der Waals surface area contributed by atoms with E-state index in [0.29, 0.717) is 41.8 Å². The smallest absolute Gasteiger partial charge is 0.327 e. The van der Waals surface area contributed by atoms with Crippen LogP contribution >= 0.6 is 0 Å². The Morgan fingerprint density at radius 2 is 1.80 bits per heavy atom. The van der Waals surface area contributed by atoms with Crippen LogP contribution in [0, 0.1) is 0 Å². The lowest BCUT2D eigenvalue weighted by Crippen LogP contribution is -2.42. The zero-order chi connectivity index (χ0) is 24.9. The van der Waals surface area contributed by atoms with Gasteiger partial charge in [0.2, 0.25) is 5.91 Å². The molecule has 0 aliphatic rings. The van der Waals surface area contributed by atoms with Crippen LogP contribution in [0.4, 0.5) is 11.5 Å². The van der Waals surface area contributed by atoms with Gasteiger partial charge in [0.25, 0.3) is 0 Å². The Kier molecular flexibility index (Phi) is 7.42. The lowest BCUT2D eigenvalue weighted by molar-refractivity contribution is -0.138. The third-order valence-corrected chi connectivity index (χ3v) is 6.55. The standard InChI is InChI=1S/C25H25N3O6S/c1-17(29)27(24-11-4-6-14-26-24)15-7-5-9-21(25(30)31)28(35(32)33)18-12-13-23-20(16-18)19-8-2-3-10-22(19)34-23/h2-4,6,8,10-14,16,21H,5,7,9,15H2,1H3,(H,30,31)(H,32,33)/p-1. The van der Waals surface area contributed by atoms with Crippen LogP contribution in [0.3, 0.4) is 0 Å². The third-order valence-electron chi connectivity index (χ3n) is 5.76. The van der Waals surface area contributed by atoms with Crippen LogP contribution in [0.1, 0.15) is 26.2 Å². The van der Waals surface area contributed by atoms with E-state index >= 15 is 0 Å². The second kappa shape index (κ2) is 10.7. The molecule has 0 aliphatic carbocycles. The highest BCUT2D eigenvalue weighted by Crippen LogP contribution is 2.33. The lowest BCUT2D eigenvalue weighted by Gasteiger charge is -2.32. The zero-order valence-electron chi connectivity index (χ0n) is 19.0. The number of furan rings is 1. The summed E-state index contributed by atoms with van der Waals surface area (Å²) < 4.78 is 31.0. The first kappa shape index (κ1) is 24.4. The Morgan fingerprint density at radius 3 is 2.49 bits per heavy atom. The normalized spacial score (nSPS) is 13.0. The number of nitrogens with zero attached hydrogens (tertiary/aromatic N) is 3. The first-order valence-electron chi connectivity index (χ1n) is 11.1. The molecule has 0 bridgehead atoms. The molecule has 10 heteroatoms. The van der Waals surface area contributed by atoms with Gasteiger partial charge in [0, 0.05) is 41.7 Å². The zero-order valence-corrected chi connectivity index (χ0v) is 19.8. The van der Waals surface area contributed by atoms with Gasteiger partial charge >= 0.3 is 5.97 Å². The number of carboxylic acids is 1. The summed E-state index contributed by atoms with van der Waals surface area (Å²) in [7, 11) is 0. The molecule has 2 heterocycles. The highest BCUT2D eigenvalue weighted by atomic mass is 32.2. The lowest BCUT2D eigenvalue weighted by atomic mass is 10.1. The first-order valence-corrected chi connectivity index (χ1v) is 12.1. The molecule has 1 N–H and O–H groups in total. The molecule has 4 rings (SSSR count). The highest BCUT2D eigenvalue weighted by molar-refractivity contribution is 7.80. The van der Waals surface area contributed by atoms with Crippen LogP contribution in [0.5, 0.6) is 0 Å². The number of carboxylic acid groups (broad SMARTS) is 1. The number of aromatic nitrogens is 1. The van der Waals surface area contributed by atoms with Crippen LogP contribution in [0.2, 0.25) is 0 Å². The quantitative estimate of drug-likeness (QED) is 0.258. The average Bonchev–Trinajstić information content (AvgIpc) is 3.21. The second-order valence-corrected chi connectivity index (χ2v) is 8.86. The van der Waals surface area contributed by atoms with Gasteiger partial charge in [-0.25, -0.2) is 9.78 Å². The molecule has 2 atom stereocenters. The van der Waals surface area contributed by atoms with Crippen molar-refractivity contribution in [1.29, 1.82) is 0 Å². The van der Waals surface area contributed by atoms with Crippen molar-refractivity contribution < 1.29 is 27.9 Å². The van der Waals surface area contributed by atoms with Crippen molar-refractivity contribution in [3.8, 4) is 0 Å². The van der Waals surface area contributed by atoms with Crippen LogP contribution < -0.4 is 9.21 Å². The molecule has 9 nitrogen and oxygen atoms in total. The number of para-hydroxylation sites is 1. The van der Waals surface area contributed by atoms with Crippen LogP contribution in [0.15, 0.2) is 71.3 Å². The number of hydrogen-bond acceptors (Lipinski definition) is 6. The molecule has 2 aromatic carbocycles. The molecule has 1 amide bonds. The van der Waals surface area contributed by atoms with Gasteiger partial charge in [0.15, 0.2) is 0 Å². The summed E-state index contributed by atoms with van der Waals surface area (Å²) in [5.74, 6) is -0.918. The summed E-state index contributed by atoms with van der Waals surface area (Å²) >= 11 is -2.82. The van der Waals surface area contributed by atoms with E-state index in [-0.39, 0.29) is 18.0 Å². The van der Waals surface area contributed by atoms with Crippen LogP contribution in [-0.2, 0) is 20.9 Å². The number of pyridine rings is 1. The van der Waals surface area contributed by atoms with Gasteiger partial charge in [-0.1, -0.05) is 24.3 Å². The van der Waals surface area contributed by atoms with Crippen molar-refractivity contribution in [3.63, 3.8) is 0 Å². The van der Waals surface area contributed by atoms with E-state index < -0.39 is 23.3 Å². The van der Waals surface area contributed by atoms with Gasteiger partial charge in [-0.15, -0.1) is 0 Å². The largest absolute Gasteiger partial charge is 0.755 e. The SMILES string of the molecule is CC(=O)N(CCCCC(C(=O)O)N(c1ccc2oc3ccccc3c2c1)S(=O)[O-])c1ccccn1. The van der Waals surface area contributed by atoms with Crippen LogP contribution in [-0.4, -0.2) is 43.3 Å². The monoisotopic (exact) mass is 494 g/mol. The van der Waals surface area contributed by atoms with Crippen molar-refractivity contribution in [2.24, 2.45) is 0 Å². The molecule has 0 radical (unpaired) electrons. The summed E-state index contributed by atoms with van der Waals surface area (Å²) in [5, 5.41) is 11.4. The number of benzene rings is 2. The highest BCUT2D eigenvalue weighted by Gasteiger charge is 2.27. The summed E-state index contributed by atoms with van der Waals surface area (Å²) in [6.45, 7) is 1.78. The summed E-state index contributed by atoms with van der Waals surface area (Å²) in [5.41, 5.74) is 1.48. The average molecular weight is 495 g/mol. The van der Waals surface area contributed by atoms with E-state index in [9.17, 15) is 23.5 Å². The van der Waals surface area contributed by atoms with Gasteiger partial charge < -0.3 is 14.1 Å². The Labute approximate surface area is 204 Å². The Balaban J connectivity index is 1.52. The van der Waals surface area contributed by atoms with Crippen molar-refractivity contribution >= 4 is 56.6 Å². The van der Waals surface area contributed by atoms with Gasteiger partial charge in [-0.2, -0.15) is 0 Å². The van der Waals surface area contributed by atoms with Gasteiger partial charge in [0.1, 0.15) is 23.0 Å². The maximum Gasteiger partial charge on any atom is 0.327 e. The summed E-state index contributed by atoms with van der Waals surface area (Å²) in [6, 6.07) is 16.1. The fraction of sp³-hybridized carbons (Fsp3) is 0.240. The molecule has 0 saturated carbocycles. The van der Waals surface area contributed by atoms with E-state index in [1.165, 1.54) is 17.9 Å². The predicted molar refractivity (Wildman–Crippen MR) is 133 cm³/mol. The summed E-state index contributed by atoms with van der Waals surface area (Å²) in [4.78, 5) is 29.8. The molecule has 0 spiro atoms. The van der Waals surface area contributed by atoms with Crippen molar-refractivity contribution in [1.82, 2.24) is 4.98 Å². The molecular weight excluding hydrogens is 470 g/mol. The molecule has 4 aromatic rings. The molecule has 2 unspecified atom stereocenters. The number of fused-ring (bicyclic) bond motifs is 3. The van der Waals surface area contributed by atoms with Crippen molar-refractivity contribution in [2.45, 2.75) is 32.2 Å². The van der Waals surface area contributed by atoms with E-state index in [0.717, 1.165) is 9.69 Å². The third kappa shape index (κ3) is 5.33. The number of aliphatic carboxylic acids is 1. The fourth-order valence-electron chi connectivity index (χ4n) is 4.12. The molecule has 2 aromatic heterocycles. The number of hydrogen-bond donors (Lipinski definition) is 1. The molecule has 35 heavy (non-hydrogen) atoms. The number of unbranched alkanes of at least 4 members (excludes halogenated alkanes) is 1. The van der Waals surface area contributed by atoms with Gasteiger partial charge in [-0.05, 0) is 55.7 Å². The molecule has 0 saturated heterocycles. The van der Waals surface area contributed by atoms with Crippen molar-refractivity contribution in [3.05, 3.63) is 66.9 Å². The Morgan fingerprint density at radius 1 is 1.06 bits per heavy atom. The van der Waals surface area contributed by atoms with Crippen LogP contribution in [0.25, 0.3) is 21.9 Å². The predicted octanol–water partition coefficient (Wildman–Crippen LogP) is 4.26. The number of carbonyl (C=O) groups is 2. The fourth-order valence-corrected chi connectivity index (χ4v) is 4.81.